The van der Waals surface area contributed by atoms with Crippen molar-refractivity contribution in [3.8, 4) is 0 Å². The second-order valence-electron chi connectivity index (χ2n) is 5.31. The van der Waals surface area contributed by atoms with E-state index in [0.717, 1.165) is 12.0 Å². The Hall–Kier alpha value is -1.57. The van der Waals surface area contributed by atoms with Crippen molar-refractivity contribution in [3.63, 3.8) is 0 Å². The number of hydrogen-bond donors (Lipinski definition) is 0. The molecule has 104 valence electrons. The maximum absolute atomic E-state index is 11.8. The molecule has 0 bridgehead atoms. The van der Waals surface area contributed by atoms with Crippen LogP contribution in [0.4, 0.5) is 0 Å². The molecule has 1 rings (SSSR count). The Balaban J connectivity index is 2.59. The zero-order valence-corrected chi connectivity index (χ0v) is 12.2. The minimum Gasteiger partial charge on any atom is -0.465 e. The predicted octanol–water partition coefficient (Wildman–Crippen LogP) is 4.11. The number of hydrogen-bond acceptors (Lipinski definition) is 2. The molecule has 0 spiro atoms. The van der Waals surface area contributed by atoms with Crippen molar-refractivity contribution in [2.24, 2.45) is 5.92 Å². The van der Waals surface area contributed by atoms with Gasteiger partial charge >= 0.3 is 5.97 Å². The zero-order valence-electron chi connectivity index (χ0n) is 12.2. The summed E-state index contributed by atoms with van der Waals surface area (Å²) in [6.07, 6.45) is 3.52. The average Bonchev–Trinajstić information content (AvgIpc) is 2.38. The second kappa shape index (κ2) is 7.78. The summed E-state index contributed by atoms with van der Waals surface area (Å²) in [7, 11) is 0. The van der Waals surface area contributed by atoms with E-state index in [9.17, 15) is 4.79 Å². The zero-order chi connectivity index (χ0) is 14.3. The molecule has 1 aromatic rings. The van der Waals surface area contributed by atoms with E-state index in [1.54, 1.807) is 6.08 Å². The van der Waals surface area contributed by atoms with Crippen LogP contribution in [0, 0.1) is 5.92 Å². The van der Waals surface area contributed by atoms with Gasteiger partial charge in [0.05, 0.1) is 12.5 Å². The number of esters is 1. The molecule has 2 nitrogen and oxygen atoms in total. The third-order valence-corrected chi connectivity index (χ3v) is 3.04. The van der Waals surface area contributed by atoms with Crippen LogP contribution in [0.5, 0.6) is 0 Å². The SMILES string of the molecule is C=CCCOC(=O)[C@H](C)c1ccc(CC(C)C)cc1. The summed E-state index contributed by atoms with van der Waals surface area (Å²) >= 11 is 0. The fraction of sp³-hybridized carbons (Fsp3) is 0.471. The van der Waals surface area contributed by atoms with Crippen molar-refractivity contribution in [3.05, 3.63) is 48.0 Å². The molecule has 0 saturated heterocycles. The van der Waals surface area contributed by atoms with Crippen LogP contribution in [0.3, 0.4) is 0 Å². The minimum absolute atomic E-state index is 0.168. The van der Waals surface area contributed by atoms with Crippen LogP contribution in [-0.2, 0) is 16.0 Å². The van der Waals surface area contributed by atoms with Gasteiger partial charge in [-0.15, -0.1) is 6.58 Å². The molecule has 1 atom stereocenters. The summed E-state index contributed by atoms with van der Waals surface area (Å²) < 4.78 is 5.18. The van der Waals surface area contributed by atoms with Crippen molar-refractivity contribution in [2.75, 3.05) is 6.61 Å². The van der Waals surface area contributed by atoms with Crippen molar-refractivity contribution in [1.29, 1.82) is 0 Å². The molecule has 0 amide bonds. The predicted molar refractivity (Wildman–Crippen MR) is 79.2 cm³/mol. The topological polar surface area (TPSA) is 26.3 Å². The Morgan fingerprint density at radius 3 is 2.42 bits per heavy atom. The first-order valence-electron chi connectivity index (χ1n) is 6.91. The highest BCUT2D eigenvalue weighted by Gasteiger charge is 2.16. The molecule has 0 aliphatic rings. The highest BCUT2D eigenvalue weighted by molar-refractivity contribution is 5.77. The summed E-state index contributed by atoms with van der Waals surface area (Å²) in [5, 5.41) is 0. The molecule has 0 radical (unpaired) electrons. The maximum atomic E-state index is 11.8. The fourth-order valence-corrected chi connectivity index (χ4v) is 1.92. The molecule has 2 heteroatoms. The molecular formula is C17H24O2. The Bertz CT molecular complexity index is 404. The van der Waals surface area contributed by atoms with Crippen LogP contribution in [0.1, 0.15) is 44.2 Å². The summed E-state index contributed by atoms with van der Waals surface area (Å²) in [4.78, 5) is 11.8. The van der Waals surface area contributed by atoms with Gasteiger partial charge in [-0.3, -0.25) is 4.79 Å². The number of carbonyl (C=O) groups excluding carboxylic acids is 1. The average molecular weight is 260 g/mol. The smallest absolute Gasteiger partial charge is 0.313 e. The molecule has 19 heavy (non-hydrogen) atoms. The Labute approximate surface area is 116 Å². The van der Waals surface area contributed by atoms with E-state index in [1.807, 2.05) is 19.1 Å². The van der Waals surface area contributed by atoms with E-state index in [4.69, 9.17) is 4.74 Å². The summed E-state index contributed by atoms with van der Waals surface area (Å²) in [6.45, 7) is 10.3. The van der Waals surface area contributed by atoms with E-state index in [2.05, 4.69) is 32.6 Å². The van der Waals surface area contributed by atoms with Gasteiger partial charge < -0.3 is 4.74 Å². The van der Waals surface area contributed by atoms with Gasteiger partial charge in [0.2, 0.25) is 0 Å². The van der Waals surface area contributed by atoms with Gasteiger partial charge in [0.25, 0.3) is 0 Å². The molecule has 0 aliphatic carbocycles. The van der Waals surface area contributed by atoms with Gasteiger partial charge in [0, 0.05) is 0 Å². The van der Waals surface area contributed by atoms with Gasteiger partial charge in [-0.25, -0.2) is 0 Å². The van der Waals surface area contributed by atoms with E-state index in [1.165, 1.54) is 5.56 Å². The van der Waals surface area contributed by atoms with Gasteiger partial charge in [-0.2, -0.15) is 0 Å². The molecule has 1 aromatic carbocycles. The molecule has 0 aliphatic heterocycles. The highest BCUT2D eigenvalue weighted by atomic mass is 16.5. The monoisotopic (exact) mass is 260 g/mol. The number of benzene rings is 1. The second-order valence-corrected chi connectivity index (χ2v) is 5.31. The first-order chi connectivity index (χ1) is 9.04. The number of ether oxygens (including phenoxy) is 1. The Morgan fingerprint density at radius 1 is 1.26 bits per heavy atom. The molecule has 0 heterocycles. The Kier molecular flexibility index (Phi) is 6.34. The van der Waals surface area contributed by atoms with Crippen molar-refractivity contribution in [2.45, 2.75) is 39.5 Å². The number of rotatable bonds is 7. The quantitative estimate of drug-likeness (QED) is 0.419. The van der Waals surface area contributed by atoms with Crippen molar-refractivity contribution in [1.82, 2.24) is 0 Å². The molecular weight excluding hydrogens is 236 g/mol. The first kappa shape index (κ1) is 15.5. The lowest BCUT2D eigenvalue weighted by Gasteiger charge is -2.12. The minimum atomic E-state index is -0.210. The highest BCUT2D eigenvalue weighted by Crippen LogP contribution is 2.18. The van der Waals surface area contributed by atoms with Crippen molar-refractivity contribution < 1.29 is 9.53 Å². The maximum Gasteiger partial charge on any atom is 0.313 e. The third-order valence-electron chi connectivity index (χ3n) is 3.04. The van der Waals surface area contributed by atoms with Gasteiger partial charge in [0.15, 0.2) is 0 Å². The van der Waals surface area contributed by atoms with Crippen LogP contribution in [0.15, 0.2) is 36.9 Å². The lowest BCUT2D eigenvalue weighted by molar-refractivity contribution is -0.144. The standard InChI is InChI=1S/C17H24O2/c1-5-6-11-19-17(18)14(4)16-9-7-15(8-10-16)12-13(2)3/h5,7-10,13-14H,1,6,11-12H2,2-4H3/t14-/m1/s1. The van der Waals surface area contributed by atoms with E-state index >= 15 is 0 Å². The van der Waals surface area contributed by atoms with E-state index in [-0.39, 0.29) is 11.9 Å². The number of carbonyl (C=O) groups is 1. The van der Waals surface area contributed by atoms with Gasteiger partial charge in [0.1, 0.15) is 0 Å². The fourth-order valence-electron chi connectivity index (χ4n) is 1.92. The molecule has 0 N–H and O–H groups in total. The lowest BCUT2D eigenvalue weighted by Crippen LogP contribution is -2.13. The summed E-state index contributed by atoms with van der Waals surface area (Å²) in [5.74, 6) is 0.267. The first-order valence-corrected chi connectivity index (χ1v) is 6.91. The van der Waals surface area contributed by atoms with Crippen LogP contribution in [0.2, 0.25) is 0 Å². The lowest BCUT2D eigenvalue weighted by atomic mass is 9.97. The largest absolute Gasteiger partial charge is 0.465 e. The summed E-state index contributed by atoms with van der Waals surface area (Å²) in [6, 6.07) is 8.25. The van der Waals surface area contributed by atoms with E-state index in [0.29, 0.717) is 18.9 Å². The van der Waals surface area contributed by atoms with E-state index < -0.39 is 0 Å². The summed E-state index contributed by atoms with van der Waals surface area (Å²) in [5.41, 5.74) is 2.32. The van der Waals surface area contributed by atoms with Crippen LogP contribution in [0.25, 0.3) is 0 Å². The van der Waals surface area contributed by atoms with Gasteiger partial charge in [-0.1, -0.05) is 44.2 Å². The van der Waals surface area contributed by atoms with Gasteiger partial charge in [-0.05, 0) is 36.8 Å². The van der Waals surface area contributed by atoms with Crippen LogP contribution < -0.4 is 0 Å². The normalized spacial score (nSPS) is 12.2. The third kappa shape index (κ3) is 5.29. The van der Waals surface area contributed by atoms with Crippen molar-refractivity contribution >= 4 is 5.97 Å². The molecule has 0 saturated carbocycles. The van der Waals surface area contributed by atoms with Crippen LogP contribution >= 0.6 is 0 Å². The Morgan fingerprint density at radius 2 is 1.89 bits per heavy atom. The molecule has 0 aromatic heterocycles. The molecule has 0 fully saturated rings. The molecule has 0 unspecified atom stereocenters. The van der Waals surface area contributed by atoms with Crippen LogP contribution in [-0.4, -0.2) is 12.6 Å².